The fraction of sp³-hybridized carbons (Fsp3) is 0.231. The second-order valence-corrected chi connectivity index (χ2v) is 4.47. The summed E-state index contributed by atoms with van der Waals surface area (Å²) in [6.07, 6.45) is 5.57. The second-order valence-electron chi connectivity index (χ2n) is 3.62. The number of benzene rings is 1. The van der Waals surface area contributed by atoms with Gasteiger partial charge in [0.2, 0.25) is 0 Å². The Kier molecular flexibility index (Phi) is 3.57. The Morgan fingerprint density at radius 3 is 2.75 bits per heavy atom. The third-order valence-corrected chi connectivity index (χ3v) is 3.32. The maximum absolute atomic E-state index is 5.08. The van der Waals surface area contributed by atoms with Crippen LogP contribution in [0.5, 0.6) is 0 Å². The first-order valence-electron chi connectivity index (χ1n) is 5.23. The van der Waals surface area contributed by atoms with Crippen LogP contribution in [0.15, 0.2) is 52.2 Å². The van der Waals surface area contributed by atoms with Crippen LogP contribution in [0.4, 0.5) is 5.69 Å². The standard InChI is InChI=1S/C13H15NOS/c1-10(11-7-8-15-9-11)14-12-5-3-4-6-13(12)16-2/h3-10,14H,1-2H3. The van der Waals surface area contributed by atoms with E-state index in [0.29, 0.717) is 0 Å². The highest BCUT2D eigenvalue weighted by Crippen LogP contribution is 2.28. The van der Waals surface area contributed by atoms with Crippen LogP contribution in [0, 0.1) is 0 Å². The van der Waals surface area contributed by atoms with Crippen LogP contribution < -0.4 is 5.32 Å². The highest BCUT2D eigenvalue weighted by Gasteiger charge is 2.08. The SMILES string of the molecule is CSc1ccccc1NC(C)c1ccoc1. The van der Waals surface area contributed by atoms with Crippen molar-refractivity contribution >= 4 is 17.4 Å². The summed E-state index contributed by atoms with van der Waals surface area (Å²) in [5.74, 6) is 0. The van der Waals surface area contributed by atoms with Crippen molar-refractivity contribution in [2.24, 2.45) is 0 Å². The Morgan fingerprint density at radius 1 is 1.25 bits per heavy atom. The number of hydrogen-bond donors (Lipinski definition) is 1. The third-order valence-electron chi connectivity index (χ3n) is 2.52. The normalized spacial score (nSPS) is 12.4. The Hall–Kier alpha value is -1.35. The molecule has 1 aromatic carbocycles. The number of para-hydroxylation sites is 1. The van der Waals surface area contributed by atoms with Crippen LogP contribution >= 0.6 is 11.8 Å². The molecule has 84 valence electrons. The predicted molar refractivity (Wildman–Crippen MR) is 69.0 cm³/mol. The minimum Gasteiger partial charge on any atom is -0.472 e. The fourth-order valence-electron chi connectivity index (χ4n) is 1.60. The van der Waals surface area contributed by atoms with E-state index in [9.17, 15) is 0 Å². The number of rotatable bonds is 4. The topological polar surface area (TPSA) is 25.2 Å². The molecule has 1 heterocycles. The molecule has 1 aromatic heterocycles. The largest absolute Gasteiger partial charge is 0.472 e. The zero-order chi connectivity index (χ0) is 11.4. The first-order chi connectivity index (χ1) is 7.81. The minimum absolute atomic E-state index is 0.257. The molecule has 0 saturated carbocycles. The van der Waals surface area contributed by atoms with Crippen molar-refractivity contribution in [1.29, 1.82) is 0 Å². The number of anilines is 1. The minimum atomic E-state index is 0.257. The van der Waals surface area contributed by atoms with Gasteiger partial charge in [0, 0.05) is 16.1 Å². The first kappa shape index (κ1) is 11.1. The molecule has 2 nitrogen and oxygen atoms in total. The maximum Gasteiger partial charge on any atom is 0.0955 e. The van der Waals surface area contributed by atoms with Crippen molar-refractivity contribution in [2.75, 3.05) is 11.6 Å². The van der Waals surface area contributed by atoms with E-state index in [1.165, 1.54) is 10.6 Å². The molecule has 2 aromatic rings. The number of furan rings is 1. The van der Waals surface area contributed by atoms with Gasteiger partial charge in [-0.3, -0.25) is 0 Å². The number of thioether (sulfide) groups is 1. The van der Waals surface area contributed by atoms with Crippen molar-refractivity contribution in [2.45, 2.75) is 17.9 Å². The van der Waals surface area contributed by atoms with Gasteiger partial charge in [0.1, 0.15) is 0 Å². The molecule has 0 aliphatic rings. The van der Waals surface area contributed by atoms with E-state index in [4.69, 9.17) is 4.42 Å². The van der Waals surface area contributed by atoms with Crippen LogP contribution in [0.2, 0.25) is 0 Å². The summed E-state index contributed by atoms with van der Waals surface area (Å²) in [4.78, 5) is 1.26. The smallest absolute Gasteiger partial charge is 0.0955 e. The van der Waals surface area contributed by atoms with E-state index in [0.717, 1.165) is 5.56 Å². The Balaban J connectivity index is 2.14. The van der Waals surface area contributed by atoms with E-state index >= 15 is 0 Å². The first-order valence-corrected chi connectivity index (χ1v) is 6.45. The van der Waals surface area contributed by atoms with Crippen LogP contribution in [0.25, 0.3) is 0 Å². The van der Waals surface area contributed by atoms with Crippen LogP contribution in [-0.4, -0.2) is 6.26 Å². The summed E-state index contributed by atoms with van der Waals surface area (Å²) >= 11 is 1.75. The van der Waals surface area contributed by atoms with Crippen molar-refractivity contribution < 1.29 is 4.42 Å². The predicted octanol–water partition coefficient (Wildman–Crippen LogP) is 4.17. The molecule has 0 fully saturated rings. The van der Waals surface area contributed by atoms with E-state index in [2.05, 4.69) is 36.7 Å². The molecule has 1 N–H and O–H groups in total. The van der Waals surface area contributed by atoms with Gasteiger partial charge in [-0.2, -0.15) is 0 Å². The molecule has 0 amide bonds. The van der Waals surface area contributed by atoms with Gasteiger partial charge < -0.3 is 9.73 Å². The summed E-state index contributed by atoms with van der Waals surface area (Å²) in [5.41, 5.74) is 2.33. The monoisotopic (exact) mass is 233 g/mol. The van der Waals surface area contributed by atoms with Gasteiger partial charge >= 0.3 is 0 Å². The Bertz CT molecular complexity index is 439. The Morgan fingerprint density at radius 2 is 2.06 bits per heavy atom. The maximum atomic E-state index is 5.08. The lowest BCUT2D eigenvalue weighted by Crippen LogP contribution is -2.06. The molecule has 0 saturated heterocycles. The average Bonchev–Trinajstić information content (AvgIpc) is 2.83. The quantitative estimate of drug-likeness (QED) is 0.802. The van der Waals surface area contributed by atoms with Crippen molar-refractivity contribution in [1.82, 2.24) is 0 Å². The van der Waals surface area contributed by atoms with Gasteiger partial charge in [0.25, 0.3) is 0 Å². The molecule has 0 bridgehead atoms. The van der Waals surface area contributed by atoms with Gasteiger partial charge in [-0.05, 0) is 31.4 Å². The van der Waals surface area contributed by atoms with Gasteiger partial charge in [-0.15, -0.1) is 11.8 Å². The van der Waals surface area contributed by atoms with Crippen LogP contribution in [-0.2, 0) is 0 Å². The van der Waals surface area contributed by atoms with E-state index in [1.54, 1.807) is 24.3 Å². The van der Waals surface area contributed by atoms with E-state index in [-0.39, 0.29) is 6.04 Å². The van der Waals surface area contributed by atoms with Gasteiger partial charge in [0.15, 0.2) is 0 Å². The molecular formula is C13H15NOS. The summed E-state index contributed by atoms with van der Waals surface area (Å²) in [6, 6.07) is 10.6. The summed E-state index contributed by atoms with van der Waals surface area (Å²) < 4.78 is 5.08. The summed E-state index contributed by atoms with van der Waals surface area (Å²) in [6.45, 7) is 2.13. The molecule has 0 radical (unpaired) electrons. The van der Waals surface area contributed by atoms with Crippen molar-refractivity contribution in [3.8, 4) is 0 Å². The van der Waals surface area contributed by atoms with E-state index in [1.807, 2.05) is 12.1 Å². The second kappa shape index (κ2) is 5.12. The lowest BCUT2D eigenvalue weighted by Gasteiger charge is -2.15. The highest BCUT2D eigenvalue weighted by molar-refractivity contribution is 7.98. The molecular weight excluding hydrogens is 218 g/mol. The van der Waals surface area contributed by atoms with Crippen molar-refractivity contribution in [3.05, 3.63) is 48.4 Å². The number of hydrogen-bond acceptors (Lipinski definition) is 3. The molecule has 3 heteroatoms. The van der Waals surface area contributed by atoms with Crippen molar-refractivity contribution in [3.63, 3.8) is 0 Å². The zero-order valence-electron chi connectivity index (χ0n) is 9.44. The molecule has 16 heavy (non-hydrogen) atoms. The van der Waals surface area contributed by atoms with Crippen LogP contribution in [0.3, 0.4) is 0 Å². The molecule has 1 unspecified atom stereocenters. The summed E-state index contributed by atoms with van der Waals surface area (Å²) in [7, 11) is 0. The highest BCUT2D eigenvalue weighted by atomic mass is 32.2. The third kappa shape index (κ3) is 2.42. The fourth-order valence-corrected chi connectivity index (χ4v) is 2.16. The van der Waals surface area contributed by atoms with Gasteiger partial charge in [-0.1, -0.05) is 12.1 Å². The summed E-state index contributed by atoms with van der Waals surface area (Å²) in [5, 5.41) is 3.48. The van der Waals surface area contributed by atoms with Crippen LogP contribution in [0.1, 0.15) is 18.5 Å². The zero-order valence-corrected chi connectivity index (χ0v) is 10.3. The van der Waals surface area contributed by atoms with Gasteiger partial charge in [0.05, 0.1) is 18.6 Å². The Labute approximate surface area is 100 Å². The molecule has 0 spiro atoms. The molecule has 2 rings (SSSR count). The van der Waals surface area contributed by atoms with E-state index < -0.39 is 0 Å². The number of nitrogens with one attached hydrogen (secondary N) is 1. The van der Waals surface area contributed by atoms with Gasteiger partial charge in [-0.25, -0.2) is 0 Å². The lowest BCUT2D eigenvalue weighted by atomic mass is 10.1. The lowest BCUT2D eigenvalue weighted by molar-refractivity contribution is 0.562. The average molecular weight is 233 g/mol. The molecule has 1 atom stereocenters. The molecule has 0 aliphatic heterocycles. The molecule has 0 aliphatic carbocycles.